The maximum atomic E-state index is 12.3. The molecule has 2 N–H and O–H groups in total. The van der Waals surface area contributed by atoms with Gasteiger partial charge in [-0.25, -0.2) is 4.79 Å². The Labute approximate surface area is 145 Å². The van der Waals surface area contributed by atoms with Gasteiger partial charge >= 0.3 is 5.97 Å². The number of Topliss-reactive ketones (excluding diaryl/α,β-unsaturated/α-hetero) is 2. The van der Waals surface area contributed by atoms with Gasteiger partial charge in [-0.05, 0) is 29.9 Å². The Bertz CT molecular complexity index is 622. The first-order valence-corrected chi connectivity index (χ1v) is 9.21. The number of thioether (sulfide) groups is 1. The molecule has 0 bridgehead atoms. The highest BCUT2D eigenvalue weighted by molar-refractivity contribution is 7.98. The standard InChI is InChI=1S/C18H21NO4S/c1-24-8-7-15(18(22)23)19-11-14-16(20)9-13(10-17(14)21)12-5-3-2-4-6-12/h2-6,11,13,15,19H,7-10H2,1H3,(H,22,23). The molecule has 0 amide bonds. The molecule has 1 aromatic rings. The van der Waals surface area contributed by atoms with Crippen LogP contribution in [0.4, 0.5) is 0 Å². The summed E-state index contributed by atoms with van der Waals surface area (Å²) in [5, 5.41) is 11.9. The lowest BCUT2D eigenvalue weighted by Crippen LogP contribution is -2.35. The Hall–Kier alpha value is -2.08. The van der Waals surface area contributed by atoms with Gasteiger partial charge in [-0.15, -0.1) is 0 Å². The molecular formula is C18H21NO4S. The molecule has 1 aromatic carbocycles. The molecule has 1 unspecified atom stereocenters. The van der Waals surface area contributed by atoms with Crippen molar-refractivity contribution in [3.05, 3.63) is 47.7 Å². The summed E-state index contributed by atoms with van der Waals surface area (Å²) in [7, 11) is 0. The molecular weight excluding hydrogens is 326 g/mol. The fraction of sp³-hybridized carbons (Fsp3) is 0.389. The van der Waals surface area contributed by atoms with Crippen LogP contribution in [0.15, 0.2) is 42.1 Å². The number of nitrogens with one attached hydrogen (secondary N) is 1. The van der Waals surface area contributed by atoms with E-state index in [0.29, 0.717) is 12.2 Å². The van der Waals surface area contributed by atoms with Crippen LogP contribution in [0.1, 0.15) is 30.7 Å². The van der Waals surface area contributed by atoms with Crippen molar-refractivity contribution in [2.24, 2.45) is 0 Å². The summed E-state index contributed by atoms with van der Waals surface area (Å²) >= 11 is 1.55. The van der Waals surface area contributed by atoms with Crippen LogP contribution in [0, 0.1) is 0 Å². The van der Waals surface area contributed by atoms with Crippen molar-refractivity contribution in [3.63, 3.8) is 0 Å². The highest BCUT2D eigenvalue weighted by Crippen LogP contribution is 2.31. The topological polar surface area (TPSA) is 83.5 Å². The van der Waals surface area contributed by atoms with E-state index in [0.717, 1.165) is 5.56 Å². The van der Waals surface area contributed by atoms with Gasteiger partial charge in [0, 0.05) is 19.0 Å². The SMILES string of the molecule is CSCCC(NC=C1C(=O)CC(c2ccccc2)CC1=O)C(=O)O. The number of allylic oxidation sites excluding steroid dienone is 1. The predicted octanol–water partition coefficient (Wildman–Crippen LogP) is 2.38. The number of carboxylic acids is 1. The molecule has 0 spiro atoms. The zero-order valence-corrected chi connectivity index (χ0v) is 14.3. The molecule has 5 nitrogen and oxygen atoms in total. The zero-order valence-electron chi connectivity index (χ0n) is 13.5. The minimum absolute atomic E-state index is 0.0811. The smallest absolute Gasteiger partial charge is 0.326 e. The lowest BCUT2D eigenvalue weighted by Gasteiger charge is -2.23. The first-order valence-electron chi connectivity index (χ1n) is 7.82. The number of carbonyl (C=O) groups excluding carboxylic acids is 2. The van der Waals surface area contributed by atoms with E-state index in [-0.39, 0.29) is 35.9 Å². The minimum atomic E-state index is -0.987. The highest BCUT2D eigenvalue weighted by Gasteiger charge is 2.31. The normalized spacial score (nSPS) is 19.0. The van der Waals surface area contributed by atoms with Crippen molar-refractivity contribution in [3.8, 4) is 0 Å². The Morgan fingerprint density at radius 1 is 1.29 bits per heavy atom. The highest BCUT2D eigenvalue weighted by atomic mass is 32.2. The molecule has 1 aliphatic rings. The number of benzene rings is 1. The second-order valence-corrected chi connectivity index (χ2v) is 6.74. The summed E-state index contributed by atoms with van der Waals surface area (Å²) in [6.45, 7) is 0. The van der Waals surface area contributed by atoms with Crippen molar-refractivity contribution in [1.29, 1.82) is 0 Å². The van der Waals surface area contributed by atoms with Crippen molar-refractivity contribution in [2.75, 3.05) is 12.0 Å². The van der Waals surface area contributed by atoms with Crippen LogP contribution >= 0.6 is 11.8 Å². The molecule has 2 rings (SSSR count). The molecule has 1 fully saturated rings. The third kappa shape index (κ3) is 4.71. The van der Waals surface area contributed by atoms with Gasteiger partial charge < -0.3 is 10.4 Å². The summed E-state index contributed by atoms with van der Waals surface area (Å²) in [5.74, 6) is -0.873. The van der Waals surface area contributed by atoms with E-state index < -0.39 is 12.0 Å². The molecule has 0 heterocycles. The molecule has 24 heavy (non-hydrogen) atoms. The van der Waals surface area contributed by atoms with Gasteiger partial charge in [-0.2, -0.15) is 11.8 Å². The second-order valence-electron chi connectivity index (χ2n) is 5.76. The summed E-state index contributed by atoms with van der Waals surface area (Å²) in [4.78, 5) is 35.8. The van der Waals surface area contributed by atoms with E-state index in [1.54, 1.807) is 11.8 Å². The number of carboxylic acid groups (broad SMARTS) is 1. The fourth-order valence-electron chi connectivity index (χ4n) is 2.71. The number of ketones is 2. The molecule has 0 aromatic heterocycles. The lowest BCUT2D eigenvalue weighted by molar-refractivity contribution is -0.139. The number of hydrogen-bond acceptors (Lipinski definition) is 5. The van der Waals surface area contributed by atoms with Crippen molar-refractivity contribution in [2.45, 2.75) is 31.2 Å². The van der Waals surface area contributed by atoms with E-state index in [4.69, 9.17) is 0 Å². The predicted molar refractivity (Wildman–Crippen MR) is 94.1 cm³/mol. The van der Waals surface area contributed by atoms with E-state index in [9.17, 15) is 19.5 Å². The van der Waals surface area contributed by atoms with Crippen molar-refractivity contribution in [1.82, 2.24) is 5.32 Å². The lowest BCUT2D eigenvalue weighted by atomic mass is 9.80. The van der Waals surface area contributed by atoms with E-state index in [1.165, 1.54) is 6.20 Å². The molecule has 128 valence electrons. The van der Waals surface area contributed by atoms with Gasteiger partial charge in [-0.3, -0.25) is 9.59 Å². The average molecular weight is 347 g/mol. The monoisotopic (exact) mass is 347 g/mol. The van der Waals surface area contributed by atoms with Gasteiger partial charge in [0.1, 0.15) is 6.04 Å². The molecule has 0 aliphatic heterocycles. The number of rotatable bonds is 7. The summed E-state index contributed by atoms with van der Waals surface area (Å²) in [5.41, 5.74) is 1.06. The second kappa shape index (κ2) is 8.68. The minimum Gasteiger partial charge on any atom is -0.480 e. The Kier molecular flexibility index (Phi) is 6.61. The van der Waals surface area contributed by atoms with Crippen LogP contribution in [0.5, 0.6) is 0 Å². The number of hydrogen-bond donors (Lipinski definition) is 2. The number of carbonyl (C=O) groups is 3. The van der Waals surface area contributed by atoms with E-state index >= 15 is 0 Å². The largest absolute Gasteiger partial charge is 0.480 e. The van der Waals surface area contributed by atoms with Gasteiger partial charge in [0.2, 0.25) is 0 Å². The Morgan fingerprint density at radius 3 is 2.46 bits per heavy atom. The van der Waals surface area contributed by atoms with Crippen LogP contribution in [0.3, 0.4) is 0 Å². The maximum absolute atomic E-state index is 12.3. The number of aliphatic carboxylic acids is 1. The molecule has 0 saturated heterocycles. The van der Waals surface area contributed by atoms with Gasteiger partial charge in [0.25, 0.3) is 0 Å². The van der Waals surface area contributed by atoms with E-state index in [1.807, 2.05) is 36.6 Å². The quantitative estimate of drug-likeness (QED) is 0.582. The summed E-state index contributed by atoms with van der Waals surface area (Å²) in [6.07, 6.45) is 4.16. The van der Waals surface area contributed by atoms with Crippen LogP contribution in [0.2, 0.25) is 0 Å². The molecule has 1 saturated carbocycles. The summed E-state index contributed by atoms with van der Waals surface area (Å²) in [6, 6.07) is 8.71. The van der Waals surface area contributed by atoms with Crippen LogP contribution in [-0.4, -0.2) is 40.7 Å². The van der Waals surface area contributed by atoms with Gasteiger partial charge in [0.05, 0.1) is 5.57 Å². The molecule has 0 radical (unpaired) electrons. The first-order chi connectivity index (χ1) is 11.5. The fourth-order valence-corrected chi connectivity index (χ4v) is 3.19. The van der Waals surface area contributed by atoms with Gasteiger partial charge in [0.15, 0.2) is 11.6 Å². The van der Waals surface area contributed by atoms with E-state index in [2.05, 4.69) is 5.32 Å². The maximum Gasteiger partial charge on any atom is 0.326 e. The molecule has 1 aliphatic carbocycles. The Morgan fingerprint density at radius 2 is 1.92 bits per heavy atom. The first kappa shape index (κ1) is 18.3. The van der Waals surface area contributed by atoms with Crippen LogP contribution in [0.25, 0.3) is 0 Å². The summed E-state index contributed by atoms with van der Waals surface area (Å²) < 4.78 is 0. The van der Waals surface area contributed by atoms with Crippen LogP contribution < -0.4 is 5.32 Å². The average Bonchev–Trinajstić information content (AvgIpc) is 2.57. The van der Waals surface area contributed by atoms with Gasteiger partial charge in [-0.1, -0.05) is 30.3 Å². The third-order valence-electron chi connectivity index (χ3n) is 4.07. The Balaban J connectivity index is 2.05. The van der Waals surface area contributed by atoms with Crippen molar-refractivity contribution < 1.29 is 19.5 Å². The van der Waals surface area contributed by atoms with Crippen molar-refractivity contribution >= 4 is 29.3 Å². The molecule has 6 heteroatoms. The van der Waals surface area contributed by atoms with Crippen LogP contribution in [-0.2, 0) is 14.4 Å². The third-order valence-corrected chi connectivity index (χ3v) is 4.72. The zero-order chi connectivity index (χ0) is 17.5. The molecule has 1 atom stereocenters.